The first-order chi connectivity index (χ1) is 7.58. The Labute approximate surface area is 96.5 Å². The van der Waals surface area contributed by atoms with Crippen LogP contribution in [0.5, 0.6) is 0 Å². The van der Waals surface area contributed by atoms with Gasteiger partial charge in [0, 0.05) is 11.3 Å². The van der Waals surface area contributed by atoms with Crippen LogP contribution in [0.25, 0.3) is 0 Å². The molecule has 1 heterocycles. The highest BCUT2D eigenvalue weighted by molar-refractivity contribution is 7.09. The minimum absolute atomic E-state index is 0.0361. The third-order valence-corrected chi connectivity index (χ3v) is 3.48. The number of hydrogen-bond donors (Lipinski definition) is 2. The van der Waals surface area contributed by atoms with Crippen molar-refractivity contribution in [1.82, 2.24) is 10.3 Å². The largest absolute Gasteiger partial charge is 0.476 e. The van der Waals surface area contributed by atoms with Gasteiger partial charge in [-0.3, -0.25) is 4.79 Å². The van der Waals surface area contributed by atoms with Gasteiger partial charge in [-0.2, -0.15) is 0 Å². The Balaban J connectivity index is 1.85. The standard InChI is InChI=1S/C10H12N2O3S/c1-5-2-6(5)9(13)11-3-8-12-7(4-16-8)10(14)15/h4-6H,2-3H2,1H3,(H,11,13)(H,14,15). The van der Waals surface area contributed by atoms with E-state index in [-0.39, 0.29) is 17.5 Å². The van der Waals surface area contributed by atoms with Gasteiger partial charge in [0.1, 0.15) is 5.01 Å². The summed E-state index contributed by atoms with van der Waals surface area (Å²) in [7, 11) is 0. The lowest BCUT2D eigenvalue weighted by Crippen LogP contribution is -2.24. The van der Waals surface area contributed by atoms with Crippen LogP contribution in [-0.4, -0.2) is 22.0 Å². The molecule has 0 radical (unpaired) electrons. The minimum atomic E-state index is -1.04. The summed E-state index contributed by atoms with van der Waals surface area (Å²) < 4.78 is 0. The molecule has 2 rings (SSSR count). The summed E-state index contributed by atoms with van der Waals surface area (Å²) in [6, 6.07) is 0. The van der Waals surface area contributed by atoms with Gasteiger partial charge in [-0.05, 0) is 12.3 Å². The molecule has 1 aliphatic carbocycles. The number of rotatable bonds is 4. The van der Waals surface area contributed by atoms with E-state index in [1.165, 1.54) is 16.7 Å². The average Bonchev–Trinajstić information content (AvgIpc) is 2.80. The molecule has 0 aromatic carbocycles. The second kappa shape index (κ2) is 4.21. The topological polar surface area (TPSA) is 79.3 Å². The predicted octanol–water partition coefficient (Wildman–Crippen LogP) is 1.11. The molecule has 0 aliphatic heterocycles. The maximum absolute atomic E-state index is 11.5. The Morgan fingerprint density at radius 1 is 1.69 bits per heavy atom. The molecule has 1 fully saturated rings. The third-order valence-electron chi connectivity index (χ3n) is 2.63. The van der Waals surface area contributed by atoms with Gasteiger partial charge < -0.3 is 10.4 Å². The zero-order chi connectivity index (χ0) is 11.7. The summed E-state index contributed by atoms with van der Waals surface area (Å²) in [5, 5.41) is 13.5. The summed E-state index contributed by atoms with van der Waals surface area (Å²) in [6.07, 6.45) is 0.948. The quantitative estimate of drug-likeness (QED) is 0.826. The van der Waals surface area contributed by atoms with Crippen molar-refractivity contribution < 1.29 is 14.7 Å². The Hall–Kier alpha value is -1.43. The molecule has 16 heavy (non-hydrogen) atoms. The molecule has 0 spiro atoms. The van der Waals surface area contributed by atoms with Crippen LogP contribution in [0.4, 0.5) is 0 Å². The number of thiazole rings is 1. The lowest BCUT2D eigenvalue weighted by Gasteiger charge is -2.00. The molecule has 1 amide bonds. The second-order valence-corrected chi connectivity index (χ2v) is 4.91. The molecule has 6 heteroatoms. The van der Waals surface area contributed by atoms with Crippen LogP contribution in [0.3, 0.4) is 0 Å². The average molecular weight is 240 g/mol. The Bertz CT molecular complexity index is 429. The Kier molecular flexibility index (Phi) is 2.91. The zero-order valence-electron chi connectivity index (χ0n) is 8.77. The number of amides is 1. The van der Waals surface area contributed by atoms with E-state index in [1.54, 1.807) is 0 Å². The van der Waals surface area contributed by atoms with Crippen LogP contribution < -0.4 is 5.32 Å². The summed E-state index contributed by atoms with van der Waals surface area (Å²) in [5.41, 5.74) is 0.0361. The first kappa shape index (κ1) is 11.1. The molecule has 2 unspecified atom stereocenters. The molecular weight excluding hydrogens is 228 g/mol. The van der Waals surface area contributed by atoms with Crippen molar-refractivity contribution in [2.75, 3.05) is 0 Å². The van der Waals surface area contributed by atoms with E-state index in [9.17, 15) is 9.59 Å². The van der Waals surface area contributed by atoms with Crippen molar-refractivity contribution >= 4 is 23.2 Å². The van der Waals surface area contributed by atoms with E-state index >= 15 is 0 Å². The molecule has 5 nitrogen and oxygen atoms in total. The van der Waals surface area contributed by atoms with Crippen LogP contribution >= 0.6 is 11.3 Å². The summed E-state index contributed by atoms with van der Waals surface area (Å²) in [5.74, 6) is -0.381. The number of carboxylic acids is 1. The normalized spacial score (nSPS) is 22.8. The van der Waals surface area contributed by atoms with Gasteiger partial charge >= 0.3 is 5.97 Å². The lowest BCUT2D eigenvalue weighted by atomic mass is 10.3. The van der Waals surface area contributed by atoms with E-state index in [2.05, 4.69) is 10.3 Å². The molecule has 1 aromatic rings. The van der Waals surface area contributed by atoms with Gasteiger partial charge in [-0.1, -0.05) is 6.92 Å². The Morgan fingerprint density at radius 3 is 2.88 bits per heavy atom. The number of aromatic nitrogens is 1. The molecule has 2 N–H and O–H groups in total. The van der Waals surface area contributed by atoms with Crippen LogP contribution in [0.2, 0.25) is 0 Å². The Morgan fingerprint density at radius 2 is 2.38 bits per heavy atom. The summed E-state index contributed by atoms with van der Waals surface area (Å²) in [4.78, 5) is 25.9. The van der Waals surface area contributed by atoms with Gasteiger partial charge in [0.15, 0.2) is 5.69 Å². The van der Waals surface area contributed by atoms with Gasteiger partial charge in [-0.25, -0.2) is 9.78 Å². The first-order valence-corrected chi connectivity index (χ1v) is 5.91. The van der Waals surface area contributed by atoms with E-state index in [0.29, 0.717) is 17.5 Å². The fraction of sp³-hybridized carbons (Fsp3) is 0.500. The fourth-order valence-corrected chi connectivity index (χ4v) is 2.18. The number of carboxylic acid groups (broad SMARTS) is 1. The fourth-order valence-electron chi connectivity index (χ4n) is 1.47. The van der Waals surface area contributed by atoms with Gasteiger partial charge in [0.25, 0.3) is 0 Å². The van der Waals surface area contributed by atoms with Crippen molar-refractivity contribution in [2.45, 2.75) is 19.9 Å². The second-order valence-electron chi connectivity index (χ2n) is 3.97. The van der Waals surface area contributed by atoms with Gasteiger partial charge in [0.05, 0.1) is 6.54 Å². The lowest BCUT2D eigenvalue weighted by molar-refractivity contribution is -0.122. The molecule has 0 saturated heterocycles. The highest BCUT2D eigenvalue weighted by atomic mass is 32.1. The number of hydrogen-bond acceptors (Lipinski definition) is 4. The number of aromatic carboxylic acids is 1. The number of carbonyl (C=O) groups excluding carboxylic acids is 1. The highest BCUT2D eigenvalue weighted by Crippen LogP contribution is 2.37. The number of carbonyl (C=O) groups is 2. The smallest absolute Gasteiger partial charge is 0.355 e. The zero-order valence-corrected chi connectivity index (χ0v) is 9.58. The molecule has 1 aliphatic rings. The van der Waals surface area contributed by atoms with Crippen LogP contribution in [-0.2, 0) is 11.3 Å². The molecule has 2 atom stereocenters. The molecule has 1 aromatic heterocycles. The monoisotopic (exact) mass is 240 g/mol. The first-order valence-electron chi connectivity index (χ1n) is 5.03. The maximum atomic E-state index is 11.5. The minimum Gasteiger partial charge on any atom is -0.476 e. The number of nitrogens with one attached hydrogen (secondary N) is 1. The SMILES string of the molecule is CC1CC1C(=O)NCc1nc(C(=O)O)cs1. The summed E-state index contributed by atoms with van der Waals surface area (Å²) >= 11 is 1.25. The molecule has 1 saturated carbocycles. The van der Waals surface area contributed by atoms with Crippen molar-refractivity contribution in [3.05, 3.63) is 16.1 Å². The van der Waals surface area contributed by atoms with Crippen LogP contribution in [0, 0.1) is 11.8 Å². The highest BCUT2D eigenvalue weighted by Gasteiger charge is 2.38. The van der Waals surface area contributed by atoms with Crippen molar-refractivity contribution in [1.29, 1.82) is 0 Å². The number of nitrogens with zero attached hydrogens (tertiary/aromatic N) is 1. The van der Waals surface area contributed by atoms with E-state index in [4.69, 9.17) is 5.11 Å². The van der Waals surface area contributed by atoms with Gasteiger partial charge in [-0.15, -0.1) is 11.3 Å². The molecule has 86 valence electrons. The van der Waals surface area contributed by atoms with Crippen molar-refractivity contribution in [3.63, 3.8) is 0 Å². The molecule has 0 bridgehead atoms. The van der Waals surface area contributed by atoms with E-state index in [1.807, 2.05) is 6.92 Å². The van der Waals surface area contributed by atoms with Crippen molar-refractivity contribution in [3.8, 4) is 0 Å². The van der Waals surface area contributed by atoms with Crippen LogP contribution in [0.1, 0.15) is 28.8 Å². The summed E-state index contributed by atoms with van der Waals surface area (Å²) in [6.45, 7) is 2.36. The van der Waals surface area contributed by atoms with Crippen molar-refractivity contribution in [2.24, 2.45) is 11.8 Å². The maximum Gasteiger partial charge on any atom is 0.355 e. The third kappa shape index (κ3) is 2.38. The van der Waals surface area contributed by atoms with Gasteiger partial charge in [0.2, 0.25) is 5.91 Å². The van der Waals surface area contributed by atoms with E-state index in [0.717, 1.165) is 6.42 Å². The predicted molar refractivity (Wildman–Crippen MR) is 58.2 cm³/mol. The van der Waals surface area contributed by atoms with E-state index < -0.39 is 5.97 Å². The van der Waals surface area contributed by atoms with Crippen LogP contribution in [0.15, 0.2) is 5.38 Å². The molecular formula is C10H12N2O3S.